The molecular weight excluding hydrogens is 298 g/mol. The van der Waals surface area contributed by atoms with Crippen molar-refractivity contribution in [2.75, 3.05) is 5.32 Å². The zero-order valence-electron chi connectivity index (χ0n) is 14.2. The van der Waals surface area contributed by atoms with Crippen LogP contribution in [0.25, 0.3) is 5.65 Å². The van der Waals surface area contributed by atoms with Gasteiger partial charge in [0.15, 0.2) is 11.5 Å². The Balaban J connectivity index is 1.52. The van der Waals surface area contributed by atoms with Crippen molar-refractivity contribution >= 4 is 11.5 Å². The summed E-state index contributed by atoms with van der Waals surface area (Å²) >= 11 is 0. The van der Waals surface area contributed by atoms with E-state index in [0.717, 1.165) is 30.1 Å². The maximum atomic E-state index is 4.72. The van der Waals surface area contributed by atoms with Crippen LogP contribution in [0, 0.1) is 6.92 Å². The third kappa shape index (κ3) is 3.11. The molecule has 24 heavy (non-hydrogen) atoms. The number of benzene rings is 1. The van der Waals surface area contributed by atoms with Crippen molar-refractivity contribution in [1.82, 2.24) is 19.8 Å². The molecule has 1 aliphatic rings. The summed E-state index contributed by atoms with van der Waals surface area (Å²) in [5, 5.41) is 16.8. The van der Waals surface area contributed by atoms with Gasteiger partial charge in [-0.05, 0) is 50.3 Å². The molecule has 1 aliphatic carbocycles. The van der Waals surface area contributed by atoms with Gasteiger partial charge in [0, 0.05) is 12.0 Å². The molecule has 4 rings (SSSR count). The predicted octanol–water partition coefficient (Wildman–Crippen LogP) is 3.74. The fraction of sp³-hybridized carbons (Fsp3) is 0.421. The van der Waals surface area contributed by atoms with Crippen LogP contribution >= 0.6 is 0 Å². The summed E-state index contributed by atoms with van der Waals surface area (Å²) in [4.78, 5) is 0. The Labute approximate surface area is 142 Å². The summed E-state index contributed by atoms with van der Waals surface area (Å²) in [6.45, 7) is 4.33. The molecule has 2 heterocycles. The smallest absolute Gasteiger partial charge is 0.178 e. The first-order valence-corrected chi connectivity index (χ1v) is 8.77. The van der Waals surface area contributed by atoms with Crippen LogP contribution < -0.4 is 5.32 Å². The van der Waals surface area contributed by atoms with Crippen LogP contribution in [0.3, 0.4) is 0 Å². The summed E-state index contributed by atoms with van der Waals surface area (Å²) in [5.74, 6) is 2.43. The topological polar surface area (TPSA) is 55.1 Å². The highest BCUT2D eigenvalue weighted by molar-refractivity contribution is 5.45. The van der Waals surface area contributed by atoms with E-state index in [0.29, 0.717) is 12.0 Å². The van der Waals surface area contributed by atoms with E-state index < -0.39 is 0 Å². The third-order valence-corrected chi connectivity index (χ3v) is 4.68. The molecular formula is C19H23N5. The van der Waals surface area contributed by atoms with E-state index in [9.17, 15) is 0 Å². The Hall–Kier alpha value is -2.43. The lowest BCUT2D eigenvalue weighted by atomic mass is 10.0. The quantitative estimate of drug-likeness (QED) is 0.751. The molecule has 0 bridgehead atoms. The average molecular weight is 321 g/mol. The largest absolute Gasteiger partial charge is 0.366 e. The highest BCUT2D eigenvalue weighted by Gasteiger charge is 2.29. The first kappa shape index (κ1) is 15.1. The minimum absolute atomic E-state index is 0.360. The van der Waals surface area contributed by atoms with Crippen molar-refractivity contribution in [1.29, 1.82) is 0 Å². The van der Waals surface area contributed by atoms with Gasteiger partial charge in [-0.1, -0.05) is 36.8 Å². The zero-order chi connectivity index (χ0) is 16.5. The molecule has 1 fully saturated rings. The SMILES string of the molecule is CCC(Cc1ccc(C)cc1)Nc1ccc2nnc(C3CC3)n2n1. The van der Waals surface area contributed by atoms with Gasteiger partial charge in [-0.2, -0.15) is 4.52 Å². The number of anilines is 1. The molecule has 0 amide bonds. The Morgan fingerprint density at radius 2 is 1.92 bits per heavy atom. The van der Waals surface area contributed by atoms with Crippen molar-refractivity contribution in [3.63, 3.8) is 0 Å². The van der Waals surface area contributed by atoms with Crippen LogP contribution in [0.1, 0.15) is 49.1 Å². The molecule has 0 saturated heterocycles. The van der Waals surface area contributed by atoms with Crippen molar-refractivity contribution in [2.24, 2.45) is 0 Å². The van der Waals surface area contributed by atoms with Crippen LogP contribution in [0.2, 0.25) is 0 Å². The van der Waals surface area contributed by atoms with Crippen molar-refractivity contribution in [3.05, 3.63) is 53.3 Å². The molecule has 1 aromatic carbocycles. The number of nitrogens with zero attached hydrogens (tertiary/aromatic N) is 4. The maximum absolute atomic E-state index is 4.72. The molecule has 0 radical (unpaired) electrons. The molecule has 0 spiro atoms. The van der Waals surface area contributed by atoms with Crippen LogP contribution in [-0.4, -0.2) is 25.9 Å². The van der Waals surface area contributed by atoms with Crippen molar-refractivity contribution in [3.8, 4) is 0 Å². The molecule has 5 heteroatoms. The normalized spacial score (nSPS) is 15.6. The second-order valence-corrected chi connectivity index (χ2v) is 6.76. The molecule has 3 aromatic rings. The van der Waals surface area contributed by atoms with E-state index in [4.69, 9.17) is 5.10 Å². The number of aryl methyl sites for hydroxylation is 1. The highest BCUT2D eigenvalue weighted by atomic mass is 15.4. The van der Waals surface area contributed by atoms with Gasteiger partial charge in [-0.3, -0.25) is 0 Å². The Morgan fingerprint density at radius 1 is 1.12 bits per heavy atom. The van der Waals surface area contributed by atoms with E-state index in [1.54, 1.807) is 0 Å². The molecule has 124 valence electrons. The summed E-state index contributed by atoms with van der Waals surface area (Å²) in [6.07, 6.45) is 4.44. The molecule has 1 atom stereocenters. The van der Waals surface area contributed by atoms with Gasteiger partial charge in [0.25, 0.3) is 0 Å². The Bertz CT molecular complexity index is 833. The average Bonchev–Trinajstić information content (AvgIpc) is 3.36. The standard InChI is InChI=1S/C19H23N5/c1-3-16(12-14-6-4-13(2)5-7-14)20-17-10-11-18-21-22-19(15-8-9-15)24(18)23-17/h4-7,10-11,15-16H,3,8-9,12H2,1-2H3,(H,20,23). The second-order valence-electron chi connectivity index (χ2n) is 6.76. The van der Waals surface area contributed by atoms with Gasteiger partial charge in [-0.15, -0.1) is 15.3 Å². The molecule has 1 N–H and O–H groups in total. The first-order chi connectivity index (χ1) is 11.7. The van der Waals surface area contributed by atoms with Gasteiger partial charge in [-0.25, -0.2) is 0 Å². The summed E-state index contributed by atoms with van der Waals surface area (Å²) < 4.78 is 1.90. The van der Waals surface area contributed by atoms with Crippen LogP contribution in [0.15, 0.2) is 36.4 Å². The van der Waals surface area contributed by atoms with Gasteiger partial charge in [0.05, 0.1) is 0 Å². The number of aromatic nitrogens is 4. The Kier molecular flexibility index (Phi) is 3.92. The van der Waals surface area contributed by atoms with Gasteiger partial charge < -0.3 is 5.32 Å². The lowest BCUT2D eigenvalue weighted by Crippen LogP contribution is -2.22. The fourth-order valence-electron chi connectivity index (χ4n) is 2.99. The monoisotopic (exact) mass is 321 g/mol. The zero-order valence-corrected chi connectivity index (χ0v) is 14.2. The molecule has 1 saturated carbocycles. The minimum atomic E-state index is 0.360. The number of hydrogen-bond donors (Lipinski definition) is 1. The van der Waals surface area contributed by atoms with E-state index >= 15 is 0 Å². The lowest BCUT2D eigenvalue weighted by molar-refractivity contribution is 0.681. The summed E-state index contributed by atoms with van der Waals surface area (Å²) in [7, 11) is 0. The summed E-state index contributed by atoms with van der Waals surface area (Å²) in [6, 6.07) is 13.1. The highest BCUT2D eigenvalue weighted by Crippen LogP contribution is 2.38. The number of hydrogen-bond acceptors (Lipinski definition) is 4. The molecule has 1 unspecified atom stereocenters. The third-order valence-electron chi connectivity index (χ3n) is 4.68. The van der Waals surface area contributed by atoms with E-state index in [-0.39, 0.29) is 0 Å². The van der Waals surface area contributed by atoms with Gasteiger partial charge in [0.2, 0.25) is 0 Å². The van der Waals surface area contributed by atoms with Crippen molar-refractivity contribution in [2.45, 2.75) is 51.5 Å². The second kappa shape index (κ2) is 6.23. The minimum Gasteiger partial charge on any atom is -0.366 e. The van der Waals surface area contributed by atoms with Crippen LogP contribution in [0.5, 0.6) is 0 Å². The molecule has 0 aliphatic heterocycles. The van der Waals surface area contributed by atoms with Crippen LogP contribution in [0.4, 0.5) is 5.82 Å². The first-order valence-electron chi connectivity index (χ1n) is 8.77. The number of rotatable bonds is 6. The predicted molar refractivity (Wildman–Crippen MR) is 95.3 cm³/mol. The fourth-order valence-corrected chi connectivity index (χ4v) is 2.99. The molecule has 5 nitrogen and oxygen atoms in total. The summed E-state index contributed by atoms with van der Waals surface area (Å²) in [5.41, 5.74) is 3.48. The van der Waals surface area contributed by atoms with Crippen molar-refractivity contribution < 1.29 is 0 Å². The van der Waals surface area contributed by atoms with Gasteiger partial charge >= 0.3 is 0 Å². The lowest BCUT2D eigenvalue weighted by Gasteiger charge is -2.18. The Morgan fingerprint density at radius 3 is 2.62 bits per heavy atom. The molecule has 2 aromatic heterocycles. The van der Waals surface area contributed by atoms with Crippen LogP contribution in [-0.2, 0) is 6.42 Å². The van der Waals surface area contributed by atoms with E-state index in [2.05, 4.69) is 53.6 Å². The van der Waals surface area contributed by atoms with E-state index in [1.165, 1.54) is 24.0 Å². The van der Waals surface area contributed by atoms with Gasteiger partial charge in [0.1, 0.15) is 5.82 Å². The number of nitrogens with one attached hydrogen (secondary N) is 1. The van der Waals surface area contributed by atoms with E-state index in [1.807, 2.05) is 16.6 Å². The maximum Gasteiger partial charge on any atom is 0.178 e. The number of fused-ring (bicyclic) bond motifs is 1.